The molecular formula is C21H26N2O3. The van der Waals surface area contributed by atoms with Gasteiger partial charge in [0.15, 0.2) is 0 Å². The van der Waals surface area contributed by atoms with E-state index in [2.05, 4.69) is 11.9 Å². The van der Waals surface area contributed by atoms with E-state index in [1.54, 1.807) is 6.07 Å². The van der Waals surface area contributed by atoms with E-state index in [4.69, 9.17) is 4.74 Å². The summed E-state index contributed by atoms with van der Waals surface area (Å²) in [6, 6.07) is 11.5. The average Bonchev–Trinajstić information content (AvgIpc) is 3.43. The summed E-state index contributed by atoms with van der Waals surface area (Å²) in [6.07, 6.45) is 2.76. The predicted octanol–water partition coefficient (Wildman–Crippen LogP) is 3.68. The summed E-state index contributed by atoms with van der Waals surface area (Å²) < 4.78 is 5.10. The first-order valence-corrected chi connectivity index (χ1v) is 9.45. The Morgan fingerprint density at radius 3 is 2.77 bits per heavy atom. The molecule has 2 aromatic rings. The second kappa shape index (κ2) is 8.30. The molecule has 1 aliphatic carbocycles. The van der Waals surface area contributed by atoms with Gasteiger partial charge in [-0.25, -0.2) is 4.98 Å². The van der Waals surface area contributed by atoms with Crippen LogP contribution in [0.25, 0.3) is 10.9 Å². The van der Waals surface area contributed by atoms with E-state index >= 15 is 0 Å². The number of amides is 1. The van der Waals surface area contributed by atoms with Crippen molar-refractivity contribution in [2.75, 3.05) is 19.7 Å². The molecule has 5 heteroatoms. The van der Waals surface area contributed by atoms with Crippen LogP contribution >= 0.6 is 0 Å². The van der Waals surface area contributed by atoms with Crippen LogP contribution in [-0.2, 0) is 9.53 Å². The van der Waals surface area contributed by atoms with Crippen LogP contribution in [0.5, 0.6) is 0 Å². The molecule has 1 heterocycles. The van der Waals surface area contributed by atoms with Gasteiger partial charge in [-0.3, -0.25) is 9.59 Å². The lowest BCUT2D eigenvalue weighted by Crippen LogP contribution is -2.35. The number of hydrogen-bond donors (Lipinski definition) is 0. The third kappa shape index (κ3) is 4.21. The molecule has 0 bridgehead atoms. The van der Waals surface area contributed by atoms with Crippen molar-refractivity contribution in [2.45, 2.75) is 33.1 Å². The summed E-state index contributed by atoms with van der Waals surface area (Å²) in [5.41, 5.74) is 1.29. The zero-order valence-electron chi connectivity index (χ0n) is 15.5. The van der Waals surface area contributed by atoms with Crippen molar-refractivity contribution in [1.29, 1.82) is 0 Å². The molecule has 5 nitrogen and oxygen atoms in total. The van der Waals surface area contributed by atoms with E-state index in [0.717, 1.165) is 30.2 Å². The van der Waals surface area contributed by atoms with Gasteiger partial charge in [0.25, 0.3) is 5.91 Å². The fraction of sp³-hybridized carbons (Fsp3) is 0.476. The molecule has 1 aliphatic rings. The Morgan fingerprint density at radius 2 is 2.00 bits per heavy atom. The number of carbonyl (C=O) groups excluding carboxylic acids is 2. The Kier molecular flexibility index (Phi) is 5.86. The Bertz CT molecular complexity index is 790. The average molecular weight is 354 g/mol. The van der Waals surface area contributed by atoms with Gasteiger partial charge in [-0.15, -0.1) is 0 Å². The SMILES string of the molecule is CCCCN(CC1CC1C(=O)OCC)C(=O)c1ccc2ccccc2n1. The van der Waals surface area contributed by atoms with Gasteiger partial charge in [0.2, 0.25) is 0 Å². The number of ether oxygens (including phenoxy) is 1. The molecule has 1 saturated carbocycles. The maximum Gasteiger partial charge on any atom is 0.309 e. The van der Waals surface area contributed by atoms with Gasteiger partial charge in [0, 0.05) is 18.5 Å². The minimum absolute atomic E-state index is 0.0567. The number of unbranched alkanes of at least 4 members (excludes halogenated alkanes) is 1. The highest BCUT2D eigenvalue weighted by Crippen LogP contribution is 2.40. The molecule has 1 aromatic carbocycles. The number of nitrogens with zero attached hydrogens (tertiary/aromatic N) is 2. The molecule has 3 rings (SSSR count). The molecule has 2 atom stereocenters. The molecule has 0 radical (unpaired) electrons. The number of aromatic nitrogens is 1. The number of esters is 1. The fourth-order valence-electron chi connectivity index (χ4n) is 3.24. The Labute approximate surface area is 154 Å². The maximum absolute atomic E-state index is 13.0. The van der Waals surface area contributed by atoms with Crippen molar-refractivity contribution < 1.29 is 14.3 Å². The van der Waals surface area contributed by atoms with Crippen LogP contribution in [0.1, 0.15) is 43.6 Å². The molecule has 1 amide bonds. The van der Waals surface area contributed by atoms with Crippen LogP contribution in [0.3, 0.4) is 0 Å². The van der Waals surface area contributed by atoms with E-state index < -0.39 is 0 Å². The first kappa shape index (κ1) is 18.4. The molecule has 0 N–H and O–H groups in total. The number of hydrogen-bond acceptors (Lipinski definition) is 4. The van der Waals surface area contributed by atoms with E-state index in [0.29, 0.717) is 25.4 Å². The summed E-state index contributed by atoms with van der Waals surface area (Å²) in [7, 11) is 0. The van der Waals surface area contributed by atoms with Crippen molar-refractivity contribution in [1.82, 2.24) is 9.88 Å². The Morgan fingerprint density at radius 1 is 1.19 bits per heavy atom. The number of fused-ring (bicyclic) bond motifs is 1. The standard InChI is InChI=1S/C21H26N2O3/c1-3-5-12-23(14-16-13-17(16)21(25)26-4-2)20(24)19-11-10-15-8-6-7-9-18(15)22-19/h6-11,16-17H,3-5,12-14H2,1-2H3. The molecular weight excluding hydrogens is 328 g/mol. The van der Waals surface area contributed by atoms with E-state index in [1.165, 1.54) is 0 Å². The van der Waals surface area contributed by atoms with Gasteiger partial charge < -0.3 is 9.64 Å². The normalized spacial score (nSPS) is 18.5. The fourth-order valence-corrected chi connectivity index (χ4v) is 3.24. The summed E-state index contributed by atoms with van der Waals surface area (Å²) in [5, 5.41) is 1.02. The lowest BCUT2D eigenvalue weighted by Gasteiger charge is -2.22. The number of pyridine rings is 1. The van der Waals surface area contributed by atoms with Crippen LogP contribution < -0.4 is 0 Å². The highest BCUT2D eigenvalue weighted by atomic mass is 16.5. The zero-order valence-corrected chi connectivity index (χ0v) is 15.5. The number of para-hydroxylation sites is 1. The molecule has 1 aromatic heterocycles. The summed E-state index contributed by atoms with van der Waals surface area (Å²) in [6.45, 7) is 5.61. The summed E-state index contributed by atoms with van der Waals surface area (Å²) >= 11 is 0. The van der Waals surface area contributed by atoms with Gasteiger partial charge >= 0.3 is 5.97 Å². The topological polar surface area (TPSA) is 59.5 Å². The molecule has 0 saturated heterocycles. The second-order valence-corrected chi connectivity index (χ2v) is 6.85. The van der Waals surface area contributed by atoms with E-state index in [-0.39, 0.29) is 23.7 Å². The number of carbonyl (C=O) groups is 2. The quantitative estimate of drug-likeness (QED) is 0.679. The van der Waals surface area contributed by atoms with Crippen LogP contribution in [0.2, 0.25) is 0 Å². The van der Waals surface area contributed by atoms with Crippen molar-refractivity contribution in [3.63, 3.8) is 0 Å². The van der Waals surface area contributed by atoms with Gasteiger partial charge in [0.1, 0.15) is 5.69 Å². The second-order valence-electron chi connectivity index (χ2n) is 6.85. The highest BCUT2D eigenvalue weighted by molar-refractivity contribution is 5.95. The van der Waals surface area contributed by atoms with E-state index in [1.807, 2.05) is 42.2 Å². The Hall–Kier alpha value is -2.43. The van der Waals surface area contributed by atoms with Crippen LogP contribution in [-0.4, -0.2) is 41.5 Å². The van der Waals surface area contributed by atoms with Crippen LogP contribution in [0.4, 0.5) is 0 Å². The van der Waals surface area contributed by atoms with Crippen molar-refractivity contribution in [2.24, 2.45) is 11.8 Å². The highest BCUT2D eigenvalue weighted by Gasteiger charge is 2.45. The first-order valence-electron chi connectivity index (χ1n) is 9.45. The maximum atomic E-state index is 13.0. The molecule has 2 unspecified atom stereocenters. The van der Waals surface area contributed by atoms with Gasteiger partial charge in [-0.2, -0.15) is 0 Å². The third-order valence-corrected chi connectivity index (χ3v) is 4.85. The minimum atomic E-state index is -0.135. The number of rotatable bonds is 8. The third-order valence-electron chi connectivity index (χ3n) is 4.85. The summed E-state index contributed by atoms with van der Waals surface area (Å²) in [5.74, 6) is -0.0466. The molecule has 0 aliphatic heterocycles. The van der Waals surface area contributed by atoms with Crippen LogP contribution in [0.15, 0.2) is 36.4 Å². The van der Waals surface area contributed by atoms with Crippen molar-refractivity contribution in [3.8, 4) is 0 Å². The zero-order chi connectivity index (χ0) is 18.5. The smallest absolute Gasteiger partial charge is 0.309 e. The molecule has 138 valence electrons. The van der Waals surface area contributed by atoms with Gasteiger partial charge in [0.05, 0.1) is 18.0 Å². The monoisotopic (exact) mass is 354 g/mol. The van der Waals surface area contributed by atoms with Gasteiger partial charge in [-0.1, -0.05) is 37.6 Å². The van der Waals surface area contributed by atoms with Gasteiger partial charge in [-0.05, 0) is 37.8 Å². The molecule has 0 spiro atoms. The Balaban J connectivity index is 1.71. The van der Waals surface area contributed by atoms with Crippen molar-refractivity contribution in [3.05, 3.63) is 42.1 Å². The van der Waals surface area contributed by atoms with Crippen molar-refractivity contribution >= 4 is 22.8 Å². The first-order chi connectivity index (χ1) is 12.6. The largest absolute Gasteiger partial charge is 0.466 e. The molecule has 26 heavy (non-hydrogen) atoms. The molecule has 1 fully saturated rings. The lowest BCUT2D eigenvalue weighted by atomic mass is 10.2. The van der Waals surface area contributed by atoms with E-state index in [9.17, 15) is 9.59 Å². The summed E-state index contributed by atoms with van der Waals surface area (Å²) in [4.78, 5) is 31.3. The van der Waals surface area contributed by atoms with Crippen LogP contribution in [0, 0.1) is 11.8 Å². The predicted molar refractivity (Wildman–Crippen MR) is 101 cm³/mol. The number of benzene rings is 1. The lowest BCUT2D eigenvalue weighted by molar-refractivity contribution is -0.145. The minimum Gasteiger partial charge on any atom is -0.466 e.